The van der Waals surface area contributed by atoms with Gasteiger partial charge in [-0.15, -0.1) is 0 Å². The van der Waals surface area contributed by atoms with Crippen molar-refractivity contribution in [3.8, 4) is 0 Å². The maximum absolute atomic E-state index is 5.37. The van der Waals surface area contributed by atoms with E-state index in [0.29, 0.717) is 0 Å². The fourth-order valence-electron chi connectivity index (χ4n) is 0.907. The predicted molar refractivity (Wildman–Crippen MR) is 47.4 cm³/mol. The molecule has 0 aromatic carbocycles. The minimum Gasteiger partial charge on any atom is -0.384 e. The highest BCUT2D eigenvalue weighted by Crippen LogP contribution is 2.31. The van der Waals surface area contributed by atoms with Crippen molar-refractivity contribution in [1.29, 1.82) is 0 Å². The molecular weight excluding hydrogens is 155 g/mol. The molecule has 1 fully saturated rings. The average molecular weight is 172 g/mol. The molecule has 1 saturated heterocycles. The Bertz CT molecular complexity index is 147. The Labute approximate surface area is 74.6 Å². The monoisotopic (exact) mass is 172 g/mol. The summed E-state index contributed by atoms with van der Waals surface area (Å²) in [5, 5.41) is 0. The Balaban J connectivity index is 2.20. The van der Waals surface area contributed by atoms with Crippen LogP contribution in [0.4, 0.5) is 0 Å². The van der Waals surface area contributed by atoms with Crippen LogP contribution in [0.15, 0.2) is 0 Å². The molecule has 0 amide bonds. The van der Waals surface area contributed by atoms with E-state index in [1.165, 1.54) is 0 Å². The maximum atomic E-state index is 5.37. The first-order chi connectivity index (χ1) is 5.39. The van der Waals surface area contributed by atoms with Crippen LogP contribution in [0.5, 0.6) is 0 Å². The van der Waals surface area contributed by atoms with Gasteiger partial charge in [0.15, 0.2) is 0 Å². The van der Waals surface area contributed by atoms with Crippen molar-refractivity contribution < 1.29 is 14.0 Å². The van der Waals surface area contributed by atoms with Crippen LogP contribution in [0.3, 0.4) is 0 Å². The maximum Gasteiger partial charge on any atom is 0.643 e. The van der Waals surface area contributed by atoms with Crippen molar-refractivity contribution in [3.63, 3.8) is 0 Å². The molecule has 0 saturated carbocycles. The van der Waals surface area contributed by atoms with Crippen LogP contribution in [0.2, 0.25) is 0 Å². The van der Waals surface area contributed by atoms with E-state index in [-0.39, 0.29) is 17.8 Å². The number of hydrogen-bond donors (Lipinski definition) is 0. The molecule has 0 bridgehead atoms. The number of rotatable bonds is 2. The normalized spacial score (nSPS) is 20.0. The molecule has 0 spiro atoms. The van der Waals surface area contributed by atoms with Gasteiger partial charge in [0.25, 0.3) is 0 Å². The molecule has 3 nitrogen and oxygen atoms in total. The average Bonchev–Trinajstić information content (AvgIpc) is 1.73. The third-order valence-corrected chi connectivity index (χ3v) is 1.56. The van der Waals surface area contributed by atoms with Gasteiger partial charge in [0.2, 0.25) is 0 Å². The number of hydrogen-bond acceptors (Lipinski definition) is 3. The molecule has 1 aliphatic rings. The zero-order chi connectivity index (χ0) is 9.35. The highest BCUT2D eigenvalue weighted by atomic mass is 16.9. The van der Waals surface area contributed by atoms with Crippen molar-refractivity contribution in [2.24, 2.45) is 5.41 Å². The molecule has 1 heterocycles. The van der Waals surface area contributed by atoms with Gasteiger partial charge in [-0.05, 0) is 13.8 Å². The van der Waals surface area contributed by atoms with Gasteiger partial charge < -0.3 is 14.0 Å². The van der Waals surface area contributed by atoms with Crippen molar-refractivity contribution in [2.45, 2.75) is 47.0 Å². The smallest absolute Gasteiger partial charge is 0.384 e. The van der Waals surface area contributed by atoms with E-state index in [9.17, 15) is 0 Å². The quantitative estimate of drug-likeness (QED) is 0.594. The third kappa shape index (κ3) is 2.47. The van der Waals surface area contributed by atoms with Gasteiger partial charge in [0, 0.05) is 11.5 Å². The van der Waals surface area contributed by atoms with Gasteiger partial charge in [0.1, 0.15) is 6.29 Å². The first kappa shape index (κ1) is 10.0. The van der Waals surface area contributed by atoms with Crippen LogP contribution >= 0.6 is 0 Å². The highest BCUT2D eigenvalue weighted by molar-refractivity contribution is 6.38. The summed E-state index contributed by atoms with van der Waals surface area (Å²) in [6, 6.07) is 0. The van der Waals surface area contributed by atoms with Crippen molar-refractivity contribution in [3.05, 3.63) is 0 Å². The lowest BCUT2D eigenvalue weighted by atomic mass is 9.91. The second-order valence-corrected chi connectivity index (χ2v) is 4.44. The van der Waals surface area contributed by atoms with E-state index in [1.807, 2.05) is 13.8 Å². The first-order valence-electron chi connectivity index (χ1n) is 4.36. The molecule has 1 aliphatic heterocycles. The minimum atomic E-state index is -0.450. The lowest BCUT2D eigenvalue weighted by molar-refractivity contribution is -0.207. The van der Waals surface area contributed by atoms with Crippen LogP contribution in [0, 0.1) is 5.41 Å². The molecule has 0 N–H and O–H groups in total. The second-order valence-electron chi connectivity index (χ2n) is 4.44. The van der Waals surface area contributed by atoms with Gasteiger partial charge in [-0.3, -0.25) is 0 Å². The minimum absolute atomic E-state index is 0.0385. The van der Waals surface area contributed by atoms with Gasteiger partial charge in [-0.1, -0.05) is 20.8 Å². The van der Waals surface area contributed by atoms with E-state index in [2.05, 4.69) is 20.8 Å². The summed E-state index contributed by atoms with van der Waals surface area (Å²) in [6.07, 6.45) is 0.0252. The molecule has 70 valence electrons. The standard InChI is InChI=1S/C8H17BO3/c1-6(2)10-9-11-7(12-9)8(3,4)5/h6-7H,1-5H3. The lowest BCUT2D eigenvalue weighted by Crippen LogP contribution is -2.54. The van der Waals surface area contributed by atoms with Crippen LogP contribution in [0.1, 0.15) is 34.6 Å². The van der Waals surface area contributed by atoms with Gasteiger partial charge >= 0.3 is 7.32 Å². The Morgan fingerprint density at radius 2 is 1.75 bits per heavy atom. The Morgan fingerprint density at radius 1 is 1.25 bits per heavy atom. The molecule has 0 radical (unpaired) electrons. The molecule has 0 aromatic rings. The lowest BCUT2D eigenvalue weighted by Gasteiger charge is -2.41. The predicted octanol–water partition coefficient (Wildman–Crippen LogP) is 1.82. The fourth-order valence-corrected chi connectivity index (χ4v) is 0.907. The second kappa shape index (κ2) is 3.36. The van der Waals surface area contributed by atoms with Gasteiger partial charge in [-0.2, -0.15) is 0 Å². The van der Waals surface area contributed by atoms with Gasteiger partial charge in [0.05, 0.1) is 0 Å². The van der Waals surface area contributed by atoms with E-state index in [4.69, 9.17) is 14.0 Å². The Kier molecular flexibility index (Phi) is 2.81. The Hall–Kier alpha value is -0.0551. The topological polar surface area (TPSA) is 27.7 Å². The van der Waals surface area contributed by atoms with E-state index in [1.54, 1.807) is 0 Å². The molecule has 0 unspecified atom stereocenters. The first-order valence-corrected chi connectivity index (χ1v) is 4.36. The molecule has 12 heavy (non-hydrogen) atoms. The zero-order valence-electron chi connectivity index (χ0n) is 8.46. The van der Waals surface area contributed by atoms with E-state index in [0.717, 1.165) is 0 Å². The summed E-state index contributed by atoms with van der Waals surface area (Å²) in [4.78, 5) is 0. The summed E-state index contributed by atoms with van der Waals surface area (Å²) in [6.45, 7) is 10.1. The Morgan fingerprint density at radius 3 is 2.08 bits per heavy atom. The highest BCUT2D eigenvalue weighted by Gasteiger charge is 2.45. The van der Waals surface area contributed by atoms with Crippen molar-refractivity contribution in [1.82, 2.24) is 0 Å². The molecular formula is C8H17BO3. The fraction of sp³-hybridized carbons (Fsp3) is 1.00. The molecule has 0 aromatic heterocycles. The summed E-state index contributed by atoms with van der Waals surface area (Å²) in [5.41, 5.74) is 0.0385. The molecule has 1 rings (SSSR count). The largest absolute Gasteiger partial charge is 0.643 e. The third-order valence-electron chi connectivity index (χ3n) is 1.56. The van der Waals surface area contributed by atoms with Crippen LogP contribution in [-0.2, 0) is 14.0 Å². The van der Waals surface area contributed by atoms with Crippen molar-refractivity contribution in [2.75, 3.05) is 0 Å². The summed E-state index contributed by atoms with van der Waals surface area (Å²) in [7, 11) is -0.450. The molecule has 0 atom stereocenters. The van der Waals surface area contributed by atoms with Crippen LogP contribution < -0.4 is 0 Å². The zero-order valence-corrected chi connectivity index (χ0v) is 8.46. The van der Waals surface area contributed by atoms with Gasteiger partial charge in [-0.25, -0.2) is 0 Å². The summed E-state index contributed by atoms with van der Waals surface area (Å²) >= 11 is 0. The molecule has 4 heteroatoms. The van der Waals surface area contributed by atoms with Crippen LogP contribution in [-0.4, -0.2) is 19.7 Å². The SMILES string of the molecule is CC(C)OB1OC(C(C)(C)C)O1. The molecule has 0 aliphatic carbocycles. The van der Waals surface area contributed by atoms with Crippen molar-refractivity contribution >= 4 is 7.32 Å². The van der Waals surface area contributed by atoms with E-state index < -0.39 is 7.32 Å². The summed E-state index contributed by atoms with van der Waals surface area (Å²) in [5.74, 6) is 0. The van der Waals surface area contributed by atoms with Crippen LogP contribution in [0.25, 0.3) is 0 Å². The summed E-state index contributed by atoms with van der Waals surface area (Å²) < 4.78 is 16.0. The van der Waals surface area contributed by atoms with E-state index >= 15 is 0 Å².